The highest BCUT2D eigenvalue weighted by molar-refractivity contribution is 6.30. The van der Waals surface area contributed by atoms with Gasteiger partial charge >= 0.3 is 5.97 Å². The Kier molecular flexibility index (Phi) is 5.81. The molecule has 2 aromatic carbocycles. The van der Waals surface area contributed by atoms with Crippen LogP contribution in [0.4, 0.5) is 0 Å². The predicted molar refractivity (Wildman–Crippen MR) is 106 cm³/mol. The Morgan fingerprint density at radius 3 is 2.37 bits per heavy atom. The van der Waals surface area contributed by atoms with Crippen LogP contribution in [-0.2, 0) is 9.53 Å². The van der Waals surface area contributed by atoms with Gasteiger partial charge in [0.15, 0.2) is 6.61 Å². The molecule has 0 unspecified atom stereocenters. The van der Waals surface area contributed by atoms with Crippen LogP contribution in [-0.4, -0.2) is 29.0 Å². The lowest BCUT2D eigenvalue weighted by atomic mass is 10.1. The van der Waals surface area contributed by atoms with Crippen LogP contribution in [0.3, 0.4) is 0 Å². The normalized spacial score (nSPS) is 10.7. The summed E-state index contributed by atoms with van der Waals surface area (Å²) in [5.74, 6) is 0.213. The van der Waals surface area contributed by atoms with Crippen molar-refractivity contribution in [2.24, 2.45) is 0 Å². The molecule has 1 aromatic heterocycles. The molecule has 0 radical (unpaired) electrons. The van der Waals surface area contributed by atoms with E-state index >= 15 is 0 Å². The first-order valence-electron chi connectivity index (χ1n) is 8.70. The number of rotatable bonds is 6. The Morgan fingerprint density at radius 2 is 1.74 bits per heavy atom. The second kappa shape index (κ2) is 8.27. The molecule has 27 heavy (non-hydrogen) atoms. The topological polar surface area (TPSA) is 53.4 Å². The summed E-state index contributed by atoms with van der Waals surface area (Å²) in [5, 5.41) is 5.37. The molecule has 6 heteroatoms. The zero-order valence-corrected chi connectivity index (χ0v) is 16.3. The number of nitrogens with zero attached hydrogens (tertiary/aromatic N) is 2. The number of esters is 1. The zero-order chi connectivity index (χ0) is 19.4. The van der Waals surface area contributed by atoms with Crippen molar-refractivity contribution in [2.75, 3.05) is 13.2 Å². The minimum absolute atomic E-state index is 0.108. The molecule has 5 nitrogen and oxygen atoms in total. The third-order valence-electron chi connectivity index (χ3n) is 4.22. The molecule has 140 valence electrons. The summed E-state index contributed by atoms with van der Waals surface area (Å²) in [5.41, 5.74) is 5.03. The van der Waals surface area contributed by atoms with Crippen molar-refractivity contribution in [2.45, 2.75) is 20.8 Å². The number of carbonyl (C=O) groups excluding carboxylic acids is 1. The lowest BCUT2D eigenvalue weighted by Gasteiger charge is -2.10. The van der Waals surface area contributed by atoms with Gasteiger partial charge < -0.3 is 9.47 Å². The second-order valence-electron chi connectivity index (χ2n) is 6.07. The van der Waals surface area contributed by atoms with E-state index < -0.39 is 0 Å². The average molecular weight is 385 g/mol. The number of hydrogen-bond acceptors (Lipinski definition) is 4. The van der Waals surface area contributed by atoms with Gasteiger partial charge in [0.2, 0.25) is 0 Å². The van der Waals surface area contributed by atoms with Crippen LogP contribution in [0, 0.1) is 13.8 Å². The average Bonchev–Trinajstić information content (AvgIpc) is 2.96. The molecule has 0 saturated heterocycles. The molecular weight excluding hydrogens is 364 g/mol. The van der Waals surface area contributed by atoms with E-state index in [4.69, 9.17) is 21.1 Å². The molecular formula is C21H21ClN2O3. The first kappa shape index (κ1) is 19.0. The molecule has 0 saturated carbocycles. The fourth-order valence-electron chi connectivity index (χ4n) is 2.77. The van der Waals surface area contributed by atoms with Gasteiger partial charge in [-0.25, -0.2) is 9.48 Å². The van der Waals surface area contributed by atoms with E-state index in [1.165, 1.54) is 0 Å². The molecule has 0 aliphatic rings. The standard InChI is InChI=1S/C21H21ClN2O3/c1-4-26-20(25)13-27-19-11-9-18(10-12-19)24-21(14(2)15(3)23-24)16-5-7-17(22)8-6-16/h5-12H,4,13H2,1-3H3. The summed E-state index contributed by atoms with van der Waals surface area (Å²) in [4.78, 5) is 11.4. The van der Waals surface area contributed by atoms with Crippen LogP contribution in [0.25, 0.3) is 16.9 Å². The fraction of sp³-hybridized carbons (Fsp3) is 0.238. The lowest BCUT2D eigenvalue weighted by Crippen LogP contribution is -2.14. The third-order valence-corrected chi connectivity index (χ3v) is 4.47. The molecule has 1 heterocycles. The third kappa shape index (κ3) is 4.31. The van der Waals surface area contributed by atoms with Gasteiger partial charge in [-0.15, -0.1) is 0 Å². The highest BCUT2D eigenvalue weighted by Gasteiger charge is 2.15. The maximum Gasteiger partial charge on any atom is 0.344 e. The van der Waals surface area contributed by atoms with Crippen molar-refractivity contribution in [3.63, 3.8) is 0 Å². The van der Waals surface area contributed by atoms with Gasteiger partial charge in [0.1, 0.15) is 5.75 Å². The smallest absolute Gasteiger partial charge is 0.344 e. The number of ether oxygens (including phenoxy) is 2. The summed E-state index contributed by atoms with van der Waals surface area (Å²) in [7, 11) is 0. The minimum atomic E-state index is -0.384. The minimum Gasteiger partial charge on any atom is -0.482 e. The molecule has 0 spiro atoms. The van der Waals surface area contributed by atoms with Crippen LogP contribution in [0.2, 0.25) is 5.02 Å². The van der Waals surface area contributed by atoms with Crippen molar-refractivity contribution < 1.29 is 14.3 Å². The van der Waals surface area contributed by atoms with Gasteiger partial charge in [0.25, 0.3) is 0 Å². The predicted octanol–water partition coefficient (Wildman–Crippen LogP) is 4.75. The van der Waals surface area contributed by atoms with Crippen LogP contribution in [0.5, 0.6) is 5.75 Å². The van der Waals surface area contributed by atoms with Gasteiger partial charge in [-0.3, -0.25) is 0 Å². The van der Waals surface area contributed by atoms with E-state index in [9.17, 15) is 4.79 Å². The number of aryl methyl sites for hydroxylation is 1. The van der Waals surface area contributed by atoms with Gasteiger partial charge in [0.05, 0.1) is 23.7 Å². The fourth-order valence-corrected chi connectivity index (χ4v) is 2.89. The van der Waals surface area contributed by atoms with Crippen molar-refractivity contribution in [3.8, 4) is 22.7 Å². The molecule has 0 atom stereocenters. The van der Waals surface area contributed by atoms with E-state index in [2.05, 4.69) is 12.0 Å². The molecule has 3 aromatic rings. The van der Waals surface area contributed by atoms with Crippen molar-refractivity contribution in [1.82, 2.24) is 9.78 Å². The first-order chi connectivity index (χ1) is 13.0. The number of carbonyl (C=O) groups is 1. The van der Waals surface area contributed by atoms with Gasteiger partial charge in [0, 0.05) is 10.6 Å². The van der Waals surface area contributed by atoms with Crippen LogP contribution < -0.4 is 4.74 Å². The van der Waals surface area contributed by atoms with Crippen LogP contribution >= 0.6 is 11.6 Å². The van der Waals surface area contributed by atoms with E-state index in [0.29, 0.717) is 17.4 Å². The molecule has 0 amide bonds. The Morgan fingerprint density at radius 1 is 1.07 bits per heavy atom. The van der Waals surface area contributed by atoms with E-state index in [1.54, 1.807) is 6.92 Å². The van der Waals surface area contributed by atoms with Gasteiger partial charge in [-0.2, -0.15) is 5.10 Å². The van der Waals surface area contributed by atoms with Gasteiger partial charge in [-0.1, -0.05) is 23.7 Å². The van der Waals surface area contributed by atoms with Gasteiger partial charge in [-0.05, 0) is 62.7 Å². The van der Waals surface area contributed by atoms with Crippen molar-refractivity contribution in [1.29, 1.82) is 0 Å². The number of hydrogen-bond donors (Lipinski definition) is 0. The first-order valence-corrected chi connectivity index (χ1v) is 9.08. The number of aromatic nitrogens is 2. The SMILES string of the molecule is CCOC(=O)COc1ccc(-n2nc(C)c(C)c2-c2ccc(Cl)cc2)cc1. The van der Waals surface area contributed by atoms with E-state index in [0.717, 1.165) is 28.2 Å². The lowest BCUT2D eigenvalue weighted by molar-refractivity contribution is -0.145. The van der Waals surface area contributed by atoms with Crippen molar-refractivity contribution in [3.05, 3.63) is 64.8 Å². The molecule has 0 N–H and O–H groups in total. The van der Waals surface area contributed by atoms with E-state index in [1.807, 2.05) is 60.1 Å². The summed E-state index contributed by atoms with van der Waals surface area (Å²) >= 11 is 6.02. The molecule has 0 aliphatic carbocycles. The molecule has 0 bridgehead atoms. The highest BCUT2D eigenvalue weighted by atomic mass is 35.5. The zero-order valence-electron chi connectivity index (χ0n) is 15.5. The number of halogens is 1. The molecule has 3 rings (SSSR count). The number of benzene rings is 2. The Balaban J connectivity index is 1.87. The highest BCUT2D eigenvalue weighted by Crippen LogP contribution is 2.30. The Labute approximate surface area is 163 Å². The maximum absolute atomic E-state index is 11.4. The van der Waals surface area contributed by atoms with Crippen LogP contribution in [0.15, 0.2) is 48.5 Å². The Hall–Kier alpha value is -2.79. The molecule has 0 aliphatic heterocycles. The largest absolute Gasteiger partial charge is 0.482 e. The van der Waals surface area contributed by atoms with Crippen LogP contribution in [0.1, 0.15) is 18.2 Å². The summed E-state index contributed by atoms with van der Waals surface area (Å²) < 4.78 is 12.2. The quantitative estimate of drug-likeness (QED) is 0.575. The monoisotopic (exact) mass is 384 g/mol. The van der Waals surface area contributed by atoms with E-state index in [-0.39, 0.29) is 12.6 Å². The summed E-state index contributed by atoms with van der Waals surface area (Å²) in [6.07, 6.45) is 0. The molecule has 0 fully saturated rings. The van der Waals surface area contributed by atoms with Crippen molar-refractivity contribution >= 4 is 17.6 Å². The Bertz CT molecular complexity index is 931. The second-order valence-corrected chi connectivity index (χ2v) is 6.50. The summed E-state index contributed by atoms with van der Waals surface area (Å²) in [6, 6.07) is 15.2. The maximum atomic E-state index is 11.4. The summed E-state index contributed by atoms with van der Waals surface area (Å²) in [6.45, 7) is 6.04.